The molecule has 2 heterocycles. The number of nitrogens with zero attached hydrogens (tertiary/aromatic N) is 3. The van der Waals surface area contributed by atoms with Crippen LogP contribution in [0.3, 0.4) is 0 Å². The van der Waals surface area contributed by atoms with Crippen molar-refractivity contribution in [3.63, 3.8) is 0 Å². The van der Waals surface area contributed by atoms with E-state index >= 15 is 0 Å². The lowest BCUT2D eigenvalue weighted by molar-refractivity contribution is 0.118. The predicted molar refractivity (Wildman–Crippen MR) is 80.4 cm³/mol. The summed E-state index contributed by atoms with van der Waals surface area (Å²) in [5, 5.41) is 3.32. The smallest absolute Gasteiger partial charge is 0.136 e. The van der Waals surface area contributed by atoms with E-state index in [-0.39, 0.29) is 6.10 Å². The van der Waals surface area contributed by atoms with Crippen molar-refractivity contribution in [2.75, 3.05) is 30.4 Å². The summed E-state index contributed by atoms with van der Waals surface area (Å²) in [7, 11) is 2.12. The first kappa shape index (κ1) is 13.6. The number of hydrogen-bond acceptors (Lipinski definition) is 5. The van der Waals surface area contributed by atoms with Gasteiger partial charge in [-0.15, -0.1) is 0 Å². The molecular weight excluding hydrogens is 252 g/mol. The Morgan fingerprint density at radius 3 is 2.75 bits per heavy atom. The number of hydrogen-bond donors (Lipinski definition) is 1. The van der Waals surface area contributed by atoms with Gasteiger partial charge >= 0.3 is 0 Å². The Bertz CT molecular complexity index is 475. The van der Waals surface area contributed by atoms with Crippen molar-refractivity contribution in [1.29, 1.82) is 0 Å². The van der Waals surface area contributed by atoms with Crippen LogP contribution in [-0.2, 0) is 4.74 Å². The van der Waals surface area contributed by atoms with Crippen LogP contribution in [0.1, 0.15) is 44.9 Å². The zero-order valence-electron chi connectivity index (χ0n) is 12.6. The van der Waals surface area contributed by atoms with Gasteiger partial charge in [0.15, 0.2) is 0 Å². The molecule has 110 valence electrons. The topological polar surface area (TPSA) is 50.3 Å². The summed E-state index contributed by atoms with van der Waals surface area (Å²) >= 11 is 0. The predicted octanol–water partition coefficient (Wildman–Crippen LogP) is 2.40. The maximum atomic E-state index is 5.68. The van der Waals surface area contributed by atoms with Gasteiger partial charge in [0.05, 0.1) is 12.1 Å². The van der Waals surface area contributed by atoms with Gasteiger partial charge < -0.3 is 15.0 Å². The molecule has 20 heavy (non-hydrogen) atoms. The third-order valence-corrected chi connectivity index (χ3v) is 4.23. The highest BCUT2D eigenvalue weighted by molar-refractivity contribution is 5.50. The van der Waals surface area contributed by atoms with Crippen LogP contribution in [0.4, 0.5) is 11.6 Å². The normalized spacial score (nSPS) is 25.8. The Kier molecular flexibility index (Phi) is 3.78. The van der Waals surface area contributed by atoms with Crippen LogP contribution in [-0.4, -0.2) is 42.3 Å². The van der Waals surface area contributed by atoms with Gasteiger partial charge in [0.25, 0.3) is 0 Å². The molecule has 1 aromatic heterocycles. The Balaban J connectivity index is 1.86. The minimum atomic E-state index is 0.266. The van der Waals surface area contributed by atoms with Crippen molar-refractivity contribution in [1.82, 2.24) is 9.97 Å². The second-order valence-corrected chi connectivity index (χ2v) is 5.82. The van der Waals surface area contributed by atoms with Gasteiger partial charge in [-0.3, -0.25) is 0 Å². The number of ether oxygens (including phenoxy) is 1. The molecule has 1 N–H and O–H groups in total. The summed E-state index contributed by atoms with van der Waals surface area (Å²) in [4.78, 5) is 11.7. The van der Waals surface area contributed by atoms with E-state index in [1.165, 1.54) is 12.8 Å². The van der Waals surface area contributed by atoms with Gasteiger partial charge in [-0.2, -0.15) is 0 Å². The van der Waals surface area contributed by atoms with Crippen molar-refractivity contribution in [3.05, 3.63) is 11.9 Å². The lowest BCUT2D eigenvalue weighted by atomic mass is 10.1. The first-order valence-corrected chi connectivity index (χ1v) is 7.66. The summed E-state index contributed by atoms with van der Waals surface area (Å²) in [6.45, 7) is 5.96. The Hall–Kier alpha value is -1.36. The van der Waals surface area contributed by atoms with E-state index in [0.29, 0.717) is 12.0 Å². The average Bonchev–Trinajstić information content (AvgIpc) is 3.21. The van der Waals surface area contributed by atoms with Crippen LogP contribution in [0.5, 0.6) is 0 Å². The molecule has 5 nitrogen and oxygen atoms in total. The number of aromatic nitrogens is 2. The van der Waals surface area contributed by atoms with Gasteiger partial charge in [-0.05, 0) is 33.1 Å². The summed E-state index contributed by atoms with van der Waals surface area (Å²) in [5.74, 6) is 3.52. The van der Waals surface area contributed by atoms with E-state index < -0.39 is 0 Å². The average molecular weight is 276 g/mol. The molecule has 0 aromatic carbocycles. The maximum absolute atomic E-state index is 5.68. The van der Waals surface area contributed by atoms with Crippen LogP contribution in [0.15, 0.2) is 6.07 Å². The molecule has 3 rings (SSSR count). The van der Waals surface area contributed by atoms with Gasteiger partial charge in [0.1, 0.15) is 17.5 Å². The standard InChI is InChI=1S/C15H24N4O/c1-4-16-13-9-14(18-15(17-13)11-5-6-11)19(3)12-7-8-20-10(12)2/h9-12H,4-8H2,1-3H3,(H,16,17,18). The fourth-order valence-corrected chi connectivity index (χ4v) is 2.83. The van der Waals surface area contributed by atoms with Gasteiger partial charge in [0, 0.05) is 32.2 Å². The SMILES string of the molecule is CCNc1cc(N(C)C2CCOC2C)nc(C2CC2)n1. The molecule has 5 heteroatoms. The molecule has 0 amide bonds. The lowest BCUT2D eigenvalue weighted by Gasteiger charge is -2.28. The second-order valence-electron chi connectivity index (χ2n) is 5.82. The Labute approximate surface area is 120 Å². The maximum Gasteiger partial charge on any atom is 0.136 e. The van der Waals surface area contributed by atoms with Gasteiger partial charge in [0.2, 0.25) is 0 Å². The van der Waals surface area contributed by atoms with Gasteiger partial charge in [-0.1, -0.05) is 0 Å². The number of likely N-dealkylation sites (N-methyl/N-ethyl adjacent to an activating group) is 1. The van der Waals surface area contributed by atoms with Crippen LogP contribution in [0.2, 0.25) is 0 Å². The quantitative estimate of drug-likeness (QED) is 0.895. The molecule has 0 spiro atoms. The van der Waals surface area contributed by atoms with Crippen molar-refractivity contribution in [2.45, 2.75) is 51.2 Å². The second kappa shape index (κ2) is 5.56. The highest BCUT2D eigenvalue weighted by Crippen LogP contribution is 2.39. The number of anilines is 2. The molecule has 2 fully saturated rings. The molecule has 0 radical (unpaired) electrons. The fourth-order valence-electron chi connectivity index (χ4n) is 2.83. The molecule has 2 unspecified atom stereocenters. The molecule has 2 atom stereocenters. The summed E-state index contributed by atoms with van der Waals surface area (Å²) < 4.78 is 5.68. The van der Waals surface area contributed by atoms with E-state index in [1.54, 1.807) is 0 Å². The van der Waals surface area contributed by atoms with Gasteiger partial charge in [-0.25, -0.2) is 9.97 Å². The minimum absolute atomic E-state index is 0.266. The van der Waals surface area contributed by atoms with E-state index in [0.717, 1.165) is 37.0 Å². The van der Waals surface area contributed by atoms with Crippen LogP contribution < -0.4 is 10.2 Å². The molecule has 2 aliphatic rings. The summed E-state index contributed by atoms with van der Waals surface area (Å²) in [6.07, 6.45) is 3.78. The summed E-state index contributed by atoms with van der Waals surface area (Å²) in [5.41, 5.74) is 0. The van der Waals surface area contributed by atoms with Crippen LogP contribution in [0.25, 0.3) is 0 Å². The van der Waals surface area contributed by atoms with Crippen molar-refractivity contribution >= 4 is 11.6 Å². The number of rotatable bonds is 5. The Morgan fingerprint density at radius 1 is 1.35 bits per heavy atom. The van der Waals surface area contributed by atoms with E-state index in [2.05, 4.69) is 42.2 Å². The van der Waals surface area contributed by atoms with Crippen LogP contribution >= 0.6 is 0 Å². The molecule has 1 saturated carbocycles. The third-order valence-electron chi connectivity index (χ3n) is 4.23. The monoisotopic (exact) mass is 276 g/mol. The van der Waals surface area contributed by atoms with Crippen molar-refractivity contribution in [2.24, 2.45) is 0 Å². The molecule has 1 saturated heterocycles. The largest absolute Gasteiger partial charge is 0.376 e. The molecule has 1 aromatic rings. The Morgan fingerprint density at radius 2 is 2.15 bits per heavy atom. The minimum Gasteiger partial charge on any atom is -0.376 e. The first-order valence-electron chi connectivity index (χ1n) is 7.66. The molecular formula is C15H24N4O. The van der Waals surface area contributed by atoms with E-state index in [9.17, 15) is 0 Å². The van der Waals surface area contributed by atoms with Crippen molar-refractivity contribution in [3.8, 4) is 0 Å². The lowest BCUT2D eigenvalue weighted by Crippen LogP contribution is -2.37. The molecule has 1 aliphatic heterocycles. The zero-order chi connectivity index (χ0) is 14.1. The highest BCUT2D eigenvalue weighted by Gasteiger charge is 2.31. The third kappa shape index (κ3) is 2.73. The molecule has 0 bridgehead atoms. The fraction of sp³-hybridized carbons (Fsp3) is 0.733. The van der Waals surface area contributed by atoms with Crippen LogP contribution in [0, 0.1) is 0 Å². The number of nitrogens with one attached hydrogen (secondary N) is 1. The highest BCUT2D eigenvalue weighted by atomic mass is 16.5. The first-order chi connectivity index (χ1) is 9.69. The molecule has 1 aliphatic carbocycles. The van der Waals surface area contributed by atoms with E-state index in [4.69, 9.17) is 9.72 Å². The van der Waals surface area contributed by atoms with Crippen molar-refractivity contribution < 1.29 is 4.74 Å². The zero-order valence-corrected chi connectivity index (χ0v) is 12.6. The van der Waals surface area contributed by atoms with E-state index in [1.807, 2.05) is 0 Å². The summed E-state index contributed by atoms with van der Waals surface area (Å²) in [6, 6.07) is 2.46.